The van der Waals surface area contributed by atoms with Crippen molar-refractivity contribution in [3.05, 3.63) is 46.7 Å². The van der Waals surface area contributed by atoms with Crippen molar-refractivity contribution in [3.8, 4) is 0 Å². The standard InChI is InChI=1S/C18H18F2N4OS4/c1-11(15(25)21-9-8-13-3-2-10-26-13)27-18-24-23-17(29-18)22-12-4-6-14(7-5-12)28-16(19)20/h2-7,10-11,16H,8-9H2,1H3,(H,21,25)(H,22,23). The molecule has 5 nitrogen and oxygen atoms in total. The molecule has 0 aliphatic carbocycles. The molecule has 0 bridgehead atoms. The van der Waals surface area contributed by atoms with Gasteiger partial charge in [-0.05, 0) is 49.1 Å². The summed E-state index contributed by atoms with van der Waals surface area (Å²) in [6, 6.07) is 10.7. The lowest BCUT2D eigenvalue weighted by atomic mass is 10.3. The van der Waals surface area contributed by atoms with E-state index < -0.39 is 5.76 Å². The van der Waals surface area contributed by atoms with E-state index in [-0.39, 0.29) is 11.2 Å². The van der Waals surface area contributed by atoms with Crippen LogP contribution < -0.4 is 10.6 Å². The second kappa shape index (κ2) is 10.9. The van der Waals surface area contributed by atoms with Gasteiger partial charge in [-0.25, -0.2) is 0 Å². The predicted molar refractivity (Wildman–Crippen MR) is 118 cm³/mol. The largest absolute Gasteiger partial charge is 0.355 e. The summed E-state index contributed by atoms with van der Waals surface area (Å²) in [5.74, 6) is -2.48. The number of rotatable bonds is 10. The minimum Gasteiger partial charge on any atom is -0.355 e. The SMILES string of the molecule is CC(Sc1nnc(Nc2ccc(SC(F)F)cc2)s1)C(=O)NCCc1cccs1. The molecule has 1 unspecified atom stereocenters. The molecular formula is C18H18F2N4OS4. The van der Waals surface area contributed by atoms with Gasteiger partial charge in [-0.2, -0.15) is 8.78 Å². The van der Waals surface area contributed by atoms with Crippen molar-refractivity contribution < 1.29 is 13.6 Å². The lowest BCUT2D eigenvalue weighted by Crippen LogP contribution is -2.32. The Morgan fingerprint density at radius 3 is 2.66 bits per heavy atom. The van der Waals surface area contributed by atoms with Crippen molar-refractivity contribution in [3.63, 3.8) is 0 Å². The van der Waals surface area contributed by atoms with Crippen LogP contribution in [0.25, 0.3) is 0 Å². The number of aromatic nitrogens is 2. The van der Waals surface area contributed by atoms with E-state index in [0.29, 0.717) is 32.7 Å². The first-order valence-electron chi connectivity index (χ1n) is 8.62. The third kappa shape index (κ3) is 7.25. The van der Waals surface area contributed by atoms with Crippen molar-refractivity contribution in [2.45, 2.75) is 33.6 Å². The van der Waals surface area contributed by atoms with E-state index in [1.165, 1.54) is 28.0 Å². The summed E-state index contributed by atoms with van der Waals surface area (Å²) in [6.07, 6.45) is 0.822. The van der Waals surface area contributed by atoms with Crippen LogP contribution in [0.2, 0.25) is 0 Å². The van der Waals surface area contributed by atoms with Crippen molar-refractivity contribution >= 4 is 62.9 Å². The Morgan fingerprint density at radius 1 is 1.17 bits per heavy atom. The van der Waals surface area contributed by atoms with Crippen molar-refractivity contribution in [2.24, 2.45) is 0 Å². The Kier molecular flexibility index (Phi) is 8.28. The Bertz CT molecular complexity index is 903. The van der Waals surface area contributed by atoms with Gasteiger partial charge in [0, 0.05) is 22.0 Å². The zero-order valence-electron chi connectivity index (χ0n) is 15.3. The summed E-state index contributed by atoms with van der Waals surface area (Å²) in [5.41, 5.74) is 0.732. The van der Waals surface area contributed by atoms with Gasteiger partial charge in [-0.15, -0.1) is 21.5 Å². The van der Waals surface area contributed by atoms with Gasteiger partial charge in [0.25, 0.3) is 5.76 Å². The molecule has 1 amide bonds. The minimum atomic E-state index is -2.44. The number of thioether (sulfide) groups is 2. The zero-order valence-corrected chi connectivity index (χ0v) is 18.6. The number of anilines is 2. The molecule has 29 heavy (non-hydrogen) atoms. The Labute approximate surface area is 183 Å². The van der Waals surface area contributed by atoms with Gasteiger partial charge >= 0.3 is 0 Å². The van der Waals surface area contributed by atoms with E-state index in [4.69, 9.17) is 0 Å². The monoisotopic (exact) mass is 472 g/mol. The van der Waals surface area contributed by atoms with Gasteiger partial charge < -0.3 is 10.6 Å². The molecule has 2 N–H and O–H groups in total. The van der Waals surface area contributed by atoms with Gasteiger partial charge in [0.2, 0.25) is 11.0 Å². The summed E-state index contributed by atoms with van der Waals surface area (Å²) in [7, 11) is 0. The van der Waals surface area contributed by atoms with Crippen LogP contribution in [-0.2, 0) is 11.2 Å². The molecule has 3 aromatic rings. The van der Waals surface area contributed by atoms with Crippen LogP contribution in [0.5, 0.6) is 0 Å². The number of carbonyl (C=O) groups is 1. The number of hydrogen-bond acceptors (Lipinski definition) is 8. The average Bonchev–Trinajstić information content (AvgIpc) is 3.35. The van der Waals surface area contributed by atoms with Crippen LogP contribution in [0.3, 0.4) is 0 Å². The number of carbonyl (C=O) groups excluding carboxylic acids is 1. The number of benzene rings is 1. The van der Waals surface area contributed by atoms with Gasteiger partial charge in [0.15, 0.2) is 4.34 Å². The van der Waals surface area contributed by atoms with E-state index in [2.05, 4.69) is 26.9 Å². The molecule has 0 aliphatic rings. The van der Waals surface area contributed by atoms with E-state index in [0.717, 1.165) is 12.1 Å². The van der Waals surface area contributed by atoms with Gasteiger partial charge in [-0.1, -0.05) is 40.9 Å². The van der Waals surface area contributed by atoms with Crippen LogP contribution in [0.15, 0.2) is 51.0 Å². The molecule has 11 heteroatoms. The molecule has 2 heterocycles. The summed E-state index contributed by atoms with van der Waals surface area (Å²) in [6.45, 7) is 2.44. The number of amides is 1. The van der Waals surface area contributed by atoms with Crippen LogP contribution in [-0.4, -0.2) is 33.7 Å². The number of halogens is 2. The lowest BCUT2D eigenvalue weighted by Gasteiger charge is -2.09. The molecule has 1 atom stereocenters. The maximum Gasteiger partial charge on any atom is 0.288 e. The number of nitrogens with one attached hydrogen (secondary N) is 2. The molecule has 0 saturated carbocycles. The summed E-state index contributed by atoms with van der Waals surface area (Å²) >= 11 is 4.87. The van der Waals surface area contributed by atoms with E-state index in [1.807, 2.05) is 18.4 Å². The van der Waals surface area contributed by atoms with Crippen LogP contribution in [0, 0.1) is 0 Å². The van der Waals surface area contributed by atoms with E-state index >= 15 is 0 Å². The molecule has 0 fully saturated rings. The molecule has 3 rings (SSSR count). The molecule has 0 saturated heterocycles. The highest BCUT2D eigenvalue weighted by atomic mass is 32.2. The highest BCUT2D eigenvalue weighted by Gasteiger charge is 2.17. The Hall–Kier alpha value is -1.69. The molecule has 1 aromatic carbocycles. The van der Waals surface area contributed by atoms with Crippen LogP contribution >= 0.6 is 46.2 Å². The summed E-state index contributed by atoms with van der Waals surface area (Å²) < 4.78 is 25.4. The fourth-order valence-electron chi connectivity index (χ4n) is 2.26. The number of alkyl halides is 2. The molecule has 2 aromatic heterocycles. The minimum absolute atomic E-state index is 0.0385. The fourth-order valence-corrected chi connectivity index (χ4v) is 5.41. The first-order chi connectivity index (χ1) is 14.0. The number of thiophene rings is 1. The number of nitrogens with zero attached hydrogens (tertiary/aromatic N) is 2. The van der Waals surface area contributed by atoms with Crippen LogP contribution in [0.1, 0.15) is 11.8 Å². The topological polar surface area (TPSA) is 66.9 Å². The normalized spacial score (nSPS) is 12.1. The van der Waals surface area contributed by atoms with Crippen molar-refractivity contribution in [1.82, 2.24) is 15.5 Å². The number of hydrogen-bond donors (Lipinski definition) is 2. The Balaban J connectivity index is 1.45. The highest BCUT2D eigenvalue weighted by Crippen LogP contribution is 2.31. The lowest BCUT2D eigenvalue weighted by molar-refractivity contribution is -0.120. The first kappa shape index (κ1) is 22.0. The van der Waals surface area contributed by atoms with Crippen molar-refractivity contribution in [2.75, 3.05) is 11.9 Å². The molecular weight excluding hydrogens is 454 g/mol. The maximum atomic E-state index is 12.4. The van der Waals surface area contributed by atoms with Gasteiger partial charge in [0.1, 0.15) is 0 Å². The predicted octanol–water partition coefficient (Wildman–Crippen LogP) is 5.50. The first-order valence-corrected chi connectivity index (χ1v) is 12.1. The van der Waals surface area contributed by atoms with Gasteiger partial charge in [0.05, 0.1) is 5.25 Å². The molecule has 0 radical (unpaired) electrons. The molecule has 0 aliphatic heterocycles. The quantitative estimate of drug-likeness (QED) is 0.380. The zero-order chi connectivity index (χ0) is 20.6. The third-order valence-corrected chi connectivity index (χ3v) is 7.32. The maximum absolute atomic E-state index is 12.4. The Morgan fingerprint density at radius 2 is 1.97 bits per heavy atom. The van der Waals surface area contributed by atoms with Crippen molar-refractivity contribution in [1.29, 1.82) is 0 Å². The van der Waals surface area contributed by atoms with Gasteiger partial charge in [-0.3, -0.25) is 4.79 Å². The average molecular weight is 473 g/mol. The summed E-state index contributed by atoms with van der Waals surface area (Å²) in [5, 5.41) is 16.5. The third-order valence-electron chi connectivity index (χ3n) is 3.63. The van der Waals surface area contributed by atoms with E-state index in [9.17, 15) is 13.6 Å². The molecule has 0 spiro atoms. The molecule has 154 valence electrons. The smallest absolute Gasteiger partial charge is 0.288 e. The second-order valence-corrected chi connectivity index (χ2v) is 10.4. The second-order valence-electron chi connectivity index (χ2n) is 5.78. The van der Waals surface area contributed by atoms with Crippen LogP contribution in [0.4, 0.5) is 19.6 Å². The summed E-state index contributed by atoms with van der Waals surface area (Å²) in [4.78, 5) is 14.0. The highest BCUT2D eigenvalue weighted by molar-refractivity contribution is 8.02. The van der Waals surface area contributed by atoms with E-state index in [1.54, 1.807) is 35.6 Å². The fraction of sp³-hybridized carbons (Fsp3) is 0.278.